The number of pyridine rings is 1. The Balaban J connectivity index is 0.00000288. The zero-order valence-electron chi connectivity index (χ0n) is 22.9. The van der Waals surface area contributed by atoms with Gasteiger partial charge >= 0.3 is 0 Å². The minimum atomic E-state index is 0. The second-order valence-electron chi connectivity index (χ2n) is 10.4. The number of fused-ring (bicyclic) bond motifs is 7. The van der Waals surface area contributed by atoms with Crippen molar-refractivity contribution in [2.45, 2.75) is 19.9 Å². The summed E-state index contributed by atoms with van der Waals surface area (Å²) in [5.41, 5.74) is 2.98. The average molecular weight is 745 g/mol. The molecule has 0 N–H and O–H groups in total. The van der Waals surface area contributed by atoms with Gasteiger partial charge < -0.3 is 19.1 Å². The number of hydrogen-bond donors (Lipinski definition) is 0. The minimum absolute atomic E-state index is 0. The molecule has 0 unspecified atom stereocenters. The van der Waals surface area contributed by atoms with E-state index in [1.54, 1.807) is 0 Å². The summed E-state index contributed by atoms with van der Waals surface area (Å²) in [4.78, 5) is 8.97. The zero-order chi connectivity index (χ0) is 27.5. The van der Waals surface area contributed by atoms with Gasteiger partial charge in [0.25, 0.3) is 0 Å². The molecule has 0 amide bonds. The Morgan fingerprint density at radius 1 is 0.786 bits per heavy atom. The van der Waals surface area contributed by atoms with E-state index in [2.05, 4.69) is 95.7 Å². The van der Waals surface area contributed by atoms with Crippen molar-refractivity contribution in [2.24, 2.45) is 0 Å². The van der Waals surface area contributed by atoms with Crippen molar-refractivity contribution >= 4 is 59.0 Å². The van der Waals surface area contributed by atoms with Crippen molar-refractivity contribution in [2.75, 3.05) is 4.90 Å². The molecule has 3 aromatic heterocycles. The second kappa shape index (κ2) is 10.6. The van der Waals surface area contributed by atoms with Gasteiger partial charge in [-0.05, 0) is 61.9 Å². The Hall–Kier alpha value is -4.12. The monoisotopic (exact) mass is 744 g/mol. The number of rotatable bonds is 5. The molecule has 7 heteroatoms. The Morgan fingerprint density at radius 3 is 2.45 bits per heavy atom. The van der Waals surface area contributed by atoms with E-state index in [4.69, 9.17) is 9.72 Å². The van der Waals surface area contributed by atoms with Gasteiger partial charge in [0.2, 0.25) is 0 Å². The minimum Gasteiger partial charge on any atom is -0.509 e. The first-order valence-electron chi connectivity index (χ1n) is 13.7. The van der Waals surface area contributed by atoms with Crippen molar-refractivity contribution < 1.29 is 25.8 Å². The summed E-state index contributed by atoms with van der Waals surface area (Å²) in [6, 6.07) is 36.5. The number of anilines is 1. The van der Waals surface area contributed by atoms with Crippen molar-refractivity contribution in [1.82, 2.24) is 14.5 Å². The van der Waals surface area contributed by atoms with Crippen LogP contribution in [0.4, 0.5) is 5.69 Å². The normalized spacial score (nSPS) is 13.2. The topological polar surface area (TPSA) is 33.5 Å². The third-order valence-corrected chi connectivity index (χ3v) is 8.67. The number of hydrogen-bond acceptors (Lipinski definition) is 5. The maximum absolute atomic E-state index is 6.37. The first-order chi connectivity index (χ1) is 20.1. The smallest absolute Gasteiger partial charge is 0.135 e. The molecular weight excluding hydrogens is 720 g/mol. The molecule has 0 saturated heterocycles. The maximum Gasteiger partial charge on any atom is 0.135 e. The van der Waals surface area contributed by atoms with Crippen molar-refractivity contribution in [3.63, 3.8) is 0 Å². The van der Waals surface area contributed by atoms with Crippen LogP contribution < -0.4 is 9.64 Å². The standard InChI is InChI=1S/C35H25N4OS.Pt/c1-23(2)37-18-19-38(22-37)24-8-7-9-25(20-24)40-26-13-14-27-28-15-16-32-34(29-10-3-4-11-31(29)41-32)35(28)39(30(27)21-26)33-12-5-6-17-36-33;/h3-19,22-23H,1-2H3;/q-3;. The maximum atomic E-state index is 6.37. The van der Waals surface area contributed by atoms with Gasteiger partial charge in [0.05, 0.1) is 5.52 Å². The molecule has 0 bridgehead atoms. The van der Waals surface area contributed by atoms with Crippen LogP contribution in [0.1, 0.15) is 13.8 Å². The molecule has 7 aromatic rings. The van der Waals surface area contributed by atoms with Crippen LogP contribution in [0.15, 0.2) is 104 Å². The van der Waals surface area contributed by atoms with Crippen LogP contribution in [0.2, 0.25) is 0 Å². The number of ether oxygens (including phenoxy) is 1. The fourth-order valence-corrected chi connectivity index (χ4v) is 6.68. The van der Waals surface area contributed by atoms with Crippen LogP contribution in [0.3, 0.4) is 0 Å². The fourth-order valence-electron chi connectivity index (χ4n) is 5.57. The van der Waals surface area contributed by atoms with E-state index < -0.39 is 0 Å². The van der Waals surface area contributed by atoms with Crippen LogP contribution in [-0.2, 0) is 21.1 Å². The van der Waals surface area contributed by atoms with Crippen LogP contribution >= 0.6 is 11.3 Å². The molecule has 0 atom stereocenters. The summed E-state index contributed by atoms with van der Waals surface area (Å²) in [6.45, 7) is 6.39. The molecule has 4 heterocycles. The summed E-state index contributed by atoms with van der Waals surface area (Å²) in [5.74, 6) is 2.11. The van der Waals surface area contributed by atoms with E-state index in [1.807, 2.05) is 66.2 Å². The van der Waals surface area contributed by atoms with E-state index in [0.717, 1.165) is 27.9 Å². The first kappa shape index (κ1) is 26.8. The Kier molecular flexibility index (Phi) is 6.76. The van der Waals surface area contributed by atoms with Crippen LogP contribution in [0, 0.1) is 18.8 Å². The number of benzene rings is 4. The van der Waals surface area contributed by atoms with Gasteiger partial charge in [-0.15, -0.1) is 52.7 Å². The van der Waals surface area contributed by atoms with Gasteiger partial charge in [0.15, 0.2) is 0 Å². The molecule has 42 heavy (non-hydrogen) atoms. The first-order valence-corrected chi connectivity index (χ1v) is 14.5. The van der Waals surface area contributed by atoms with Gasteiger partial charge in [0, 0.05) is 58.9 Å². The molecule has 0 fully saturated rings. The van der Waals surface area contributed by atoms with Crippen LogP contribution in [0.5, 0.6) is 11.5 Å². The number of nitrogens with zero attached hydrogens (tertiary/aromatic N) is 4. The van der Waals surface area contributed by atoms with Gasteiger partial charge in [-0.25, -0.2) is 4.98 Å². The van der Waals surface area contributed by atoms with Crippen LogP contribution in [0.25, 0.3) is 47.8 Å². The zero-order valence-corrected chi connectivity index (χ0v) is 26.0. The molecule has 0 saturated carbocycles. The van der Waals surface area contributed by atoms with Gasteiger partial charge in [-0.3, -0.25) is 0 Å². The van der Waals surface area contributed by atoms with E-state index in [0.29, 0.717) is 17.5 Å². The number of aromatic nitrogens is 2. The molecule has 210 valence electrons. The SMILES string of the molecule is CC(C)N1C=CN(c2[c-]c(Oc3[c-]c4c(cc3)c3ccc5sc6ccccc6c5c3n4-c3ccccn3)ccc2)[CH-]1.[Pt]. The average Bonchev–Trinajstić information content (AvgIpc) is 3.72. The van der Waals surface area contributed by atoms with E-state index in [1.165, 1.54) is 25.6 Å². The van der Waals surface area contributed by atoms with E-state index in [-0.39, 0.29) is 21.1 Å². The molecule has 0 aliphatic carbocycles. The van der Waals surface area contributed by atoms with Gasteiger partial charge in [0.1, 0.15) is 5.82 Å². The predicted octanol–water partition coefficient (Wildman–Crippen LogP) is 9.06. The third kappa shape index (κ3) is 4.38. The quantitative estimate of drug-likeness (QED) is 0.165. The molecule has 1 aliphatic heterocycles. The molecule has 0 spiro atoms. The molecule has 0 radical (unpaired) electrons. The third-order valence-electron chi connectivity index (χ3n) is 7.53. The fraction of sp³-hybridized carbons (Fsp3) is 0.0857. The van der Waals surface area contributed by atoms with Gasteiger partial charge in [-0.2, -0.15) is 18.8 Å². The molecular formula is C35H25N4OPtS-3. The Bertz CT molecular complexity index is 2110. The second-order valence-corrected chi connectivity index (χ2v) is 11.5. The van der Waals surface area contributed by atoms with Crippen molar-refractivity contribution in [3.05, 3.63) is 122 Å². The molecule has 4 aromatic carbocycles. The Labute approximate surface area is 262 Å². The summed E-state index contributed by atoms with van der Waals surface area (Å²) in [7, 11) is 0. The predicted molar refractivity (Wildman–Crippen MR) is 169 cm³/mol. The summed E-state index contributed by atoms with van der Waals surface area (Å²) < 4.78 is 11.1. The summed E-state index contributed by atoms with van der Waals surface area (Å²) >= 11 is 1.82. The Morgan fingerprint density at radius 2 is 1.62 bits per heavy atom. The summed E-state index contributed by atoms with van der Waals surface area (Å²) in [6.07, 6.45) is 5.94. The molecule has 5 nitrogen and oxygen atoms in total. The van der Waals surface area contributed by atoms with E-state index >= 15 is 0 Å². The summed E-state index contributed by atoms with van der Waals surface area (Å²) in [5, 5.41) is 4.78. The largest absolute Gasteiger partial charge is 0.509 e. The number of thiophene rings is 1. The van der Waals surface area contributed by atoms with Gasteiger partial charge in [-0.1, -0.05) is 35.8 Å². The van der Waals surface area contributed by atoms with Crippen molar-refractivity contribution in [3.8, 4) is 17.3 Å². The van der Waals surface area contributed by atoms with Crippen LogP contribution in [-0.4, -0.2) is 20.5 Å². The molecule has 8 rings (SSSR count). The molecule has 1 aliphatic rings. The van der Waals surface area contributed by atoms with Crippen molar-refractivity contribution in [1.29, 1.82) is 0 Å². The van der Waals surface area contributed by atoms with E-state index in [9.17, 15) is 0 Å².